The van der Waals surface area contributed by atoms with Crippen molar-refractivity contribution in [1.82, 2.24) is 15.0 Å². The average molecular weight is 347 g/mol. The number of aryl methyl sites for hydroxylation is 1. The average Bonchev–Trinajstić information content (AvgIpc) is 3.24. The van der Waals surface area contributed by atoms with E-state index in [9.17, 15) is 4.79 Å². The van der Waals surface area contributed by atoms with Crippen LogP contribution in [0.4, 0.5) is 0 Å². The molecule has 3 fully saturated rings. The topological polar surface area (TPSA) is 58.8 Å². The summed E-state index contributed by atoms with van der Waals surface area (Å²) in [5.74, 6) is 1.17. The lowest BCUT2D eigenvalue weighted by molar-refractivity contribution is 0.0550. The summed E-state index contributed by atoms with van der Waals surface area (Å²) >= 11 is 0. The van der Waals surface area contributed by atoms with Gasteiger partial charge in [0.2, 0.25) is 5.76 Å². The zero-order chi connectivity index (χ0) is 17.4. The molecule has 25 heavy (non-hydrogen) atoms. The number of likely N-dealkylation sites (tertiary alicyclic amines) is 2. The molecule has 2 saturated heterocycles. The summed E-state index contributed by atoms with van der Waals surface area (Å²) in [6, 6.07) is 2.25. The summed E-state index contributed by atoms with van der Waals surface area (Å²) < 4.78 is 11.1. The van der Waals surface area contributed by atoms with E-state index in [1.165, 1.54) is 19.3 Å². The number of hydrogen-bond donors (Lipinski definition) is 0. The fraction of sp³-hybridized carbons (Fsp3) is 0.789. The van der Waals surface area contributed by atoms with Crippen molar-refractivity contribution in [3.63, 3.8) is 0 Å². The van der Waals surface area contributed by atoms with Crippen molar-refractivity contribution < 1.29 is 14.1 Å². The highest BCUT2D eigenvalue weighted by molar-refractivity contribution is 5.91. The molecule has 3 heterocycles. The fourth-order valence-corrected chi connectivity index (χ4v) is 4.39. The number of ether oxygens (including phenoxy) is 1. The van der Waals surface area contributed by atoms with Crippen molar-refractivity contribution in [3.05, 3.63) is 17.5 Å². The number of likely N-dealkylation sites (N-methyl/N-ethyl adjacent to an activating group) is 1. The Hall–Kier alpha value is -1.40. The molecule has 0 bridgehead atoms. The van der Waals surface area contributed by atoms with Gasteiger partial charge < -0.3 is 19.1 Å². The second-order valence-electron chi connectivity index (χ2n) is 8.38. The normalized spacial score (nSPS) is 26.5. The molecule has 6 nitrogen and oxygen atoms in total. The Morgan fingerprint density at radius 3 is 2.76 bits per heavy atom. The minimum Gasteiger partial charge on any atom is -0.380 e. The number of amides is 1. The predicted octanol–water partition coefficient (Wildman–Crippen LogP) is 2.34. The minimum absolute atomic E-state index is 0.0221. The van der Waals surface area contributed by atoms with Crippen LogP contribution < -0.4 is 0 Å². The van der Waals surface area contributed by atoms with Crippen molar-refractivity contribution in [2.45, 2.75) is 45.1 Å². The van der Waals surface area contributed by atoms with Crippen LogP contribution in [0.3, 0.4) is 0 Å². The van der Waals surface area contributed by atoms with Crippen LogP contribution in [0.5, 0.6) is 0 Å². The first-order valence-corrected chi connectivity index (χ1v) is 9.55. The van der Waals surface area contributed by atoms with Crippen LogP contribution in [0.25, 0.3) is 0 Å². The van der Waals surface area contributed by atoms with Crippen LogP contribution in [0.1, 0.15) is 48.4 Å². The molecule has 1 aliphatic carbocycles. The van der Waals surface area contributed by atoms with E-state index < -0.39 is 0 Å². The molecule has 6 heteroatoms. The summed E-state index contributed by atoms with van der Waals surface area (Å²) in [6.45, 7) is 6.37. The van der Waals surface area contributed by atoms with Gasteiger partial charge in [0.1, 0.15) is 0 Å². The lowest BCUT2D eigenvalue weighted by Gasteiger charge is -2.38. The van der Waals surface area contributed by atoms with Crippen molar-refractivity contribution >= 4 is 5.91 Å². The van der Waals surface area contributed by atoms with Gasteiger partial charge in [-0.3, -0.25) is 4.79 Å². The standard InChI is InChI=1S/C19H29N3O3/c1-14-9-17(25-20-14)18(23)22-7-5-19(6-8-22)10-16(21(2)13-19)12-24-11-15-3-4-15/h9,15-16H,3-8,10-13H2,1-2H3/t16-/m0/s1. The Balaban J connectivity index is 1.29. The Morgan fingerprint density at radius 2 is 2.12 bits per heavy atom. The van der Waals surface area contributed by atoms with Crippen molar-refractivity contribution in [2.24, 2.45) is 11.3 Å². The van der Waals surface area contributed by atoms with Crippen molar-refractivity contribution in [2.75, 3.05) is 39.9 Å². The van der Waals surface area contributed by atoms with Crippen molar-refractivity contribution in [1.29, 1.82) is 0 Å². The minimum atomic E-state index is -0.0221. The Bertz CT molecular complexity index is 617. The summed E-state index contributed by atoms with van der Waals surface area (Å²) in [7, 11) is 2.22. The van der Waals surface area contributed by atoms with Gasteiger partial charge in [0, 0.05) is 38.3 Å². The van der Waals surface area contributed by atoms with Gasteiger partial charge in [0.25, 0.3) is 5.91 Å². The van der Waals surface area contributed by atoms with Crippen molar-refractivity contribution in [3.8, 4) is 0 Å². The number of aromatic nitrogens is 1. The number of carbonyl (C=O) groups is 1. The van der Waals surface area contributed by atoms with Gasteiger partial charge in [-0.1, -0.05) is 5.16 Å². The molecule has 1 saturated carbocycles. The molecular weight excluding hydrogens is 318 g/mol. The van der Waals surface area contributed by atoms with Gasteiger partial charge in [0.15, 0.2) is 0 Å². The SMILES string of the molecule is Cc1cc(C(=O)N2CCC3(CC2)C[C@@H](COCC2CC2)N(C)C3)on1. The maximum Gasteiger partial charge on any atom is 0.292 e. The Kier molecular flexibility index (Phi) is 4.58. The molecule has 1 aromatic rings. The molecule has 1 atom stereocenters. The third-order valence-corrected chi connectivity index (χ3v) is 6.19. The first-order chi connectivity index (χ1) is 12.0. The molecule has 0 unspecified atom stereocenters. The summed E-state index contributed by atoms with van der Waals surface area (Å²) in [5.41, 5.74) is 1.10. The molecule has 0 N–H and O–H groups in total. The Labute approximate surface area is 149 Å². The number of piperidine rings is 1. The molecule has 1 aromatic heterocycles. The highest BCUT2D eigenvalue weighted by Gasteiger charge is 2.45. The smallest absolute Gasteiger partial charge is 0.292 e. The van der Waals surface area contributed by atoms with E-state index in [0.717, 1.165) is 57.3 Å². The van der Waals surface area contributed by atoms with Gasteiger partial charge in [-0.25, -0.2) is 0 Å². The molecular formula is C19H29N3O3. The quantitative estimate of drug-likeness (QED) is 0.818. The van der Waals surface area contributed by atoms with E-state index in [2.05, 4.69) is 17.1 Å². The molecule has 2 aliphatic heterocycles. The predicted molar refractivity (Wildman–Crippen MR) is 93.4 cm³/mol. The van der Waals surface area contributed by atoms with Gasteiger partial charge in [-0.15, -0.1) is 0 Å². The highest BCUT2D eigenvalue weighted by Crippen LogP contribution is 2.43. The second kappa shape index (κ2) is 6.72. The van der Waals surface area contributed by atoms with E-state index in [0.29, 0.717) is 17.2 Å². The molecule has 4 rings (SSSR count). The van der Waals surface area contributed by atoms with Crippen LogP contribution in [-0.4, -0.2) is 66.8 Å². The zero-order valence-electron chi connectivity index (χ0n) is 15.4. The largest absolute Gasteiger partial charge is 0.380 e. The van der Waals surface area contributed by atoms with Crippen LogP contribution in [0.15, 0.2) is 10.6 Å². The van der Waals surface area contributed by atoms with Gasteiger partial charge in [0.05, 0.1) is 12.3 Å². The van der Waals surface area contributed by atoms with Gasteiger partial charge in [-0.05, 0) is 57.4 Å². The number of rotatable bonds is 5. The maximum atomic E-state index is 12.5. The van der Waals surface area contributed by atoms with E-state index in [1.807, 2.05) is 11.8 Å². The van der Waals surface area contributed by atoms with Gasteiger partial charge in [-0.2, -0.15) is 0 Å². The third-order valence-electron chi connectivity index (χ3n) is 6.19. The fourth-order valence-electron chi connectivity index (χ4n) is 4.39. The van der Waals surface area contributed by atoms with E-state index in [1.54, 1.807) is 6.07 Å². The van der Waals surface area contributed by atoms with Crippen LogP contribution in [0.2, 0.25) is 0 Å². The molecule has 0 radical (unpaired) electrons. The lowest BCUT2D eigenvalue weighted by Crippen LogP contribution is -2.44. The molecule has 1 spiro atoms. The Morgan fingerprint density at radius 1 is 1.36 bits per heavy atom. The lowest BCUT2D eigenvalue weighted by atomic mass is 9.76. The van der Waals surface area contributed by atoms with Crippen LogP contribution >= 0.6 is 0 Å². The molecule has 1 amide bonds. The second-order valence-corrected chi connectivity index (χ2v) is 8.38. The summed E-state index contributed by atoms with van der Waals surface area (Å²) in [4.78, 5) is 16.9. The molecule has 3 aliphatic rings. The molecule has 0 aromatic carbocycles. The van der Waals surface area contributed by atoms with E-state index in [-0.39, 0.29) is 5.91 Å². The van der Waals surface area contributed by atoms with Crippen LogP contribution in [-0.2, 0) is 4.74 Å². The monoisotopic (exact) mass is 347 g/mol. The maximum absolute atomic E-state index is 12.5. The highest BCUT2D eigenvalue weighted by atomic mass is 16.5. The molecule has 138 valence electrons. The van der Waals surface area contributed by atoms with E-state index in [4.69, 9.17) is 9.26 Å². The summed E-state index contributed by atoms with van der Waals surface area (Å²) in [5, 5.41) is 3.83. The third kappa shape index (κ3) is 3.75. The van der Waals surface area contributed by atoms with E-state index >= 15 is 0 Å². The number of carbonyl (C=O) groups excluding carboxylic acids is 1. The zero-order valence-corrected chi connectivity index (χ0v) is 15.4. The number of hydrogen-bond acceptors (Lipinski definition) is 5. The summed E-state index contributed by atoms with van der Waals surface area (Å²) in [6.07, 6.45) is 6.01. The first-order valence-electron chi connectivity index (χ1n) is 9.55. The van der Waals surface area contributed by atoms with Gasteiger partial charge >= 0.3 is 0 Å². The first kappa shape index (κ1) is 17.0. The van der Waals surface area contributed by atoms with Crippen LogP contribution in [0, 0.1) is 18.3 Å². The number of nitrogens with zero attached hydrogens (tertiary/aromatic N) is 3.